The third-order valence-corrected chi connectivity index (χ3v) is 4.73. The Morgan fingerprint density at radius 1 is 1.22 bits per heavy atom. The lowest BCUT2D eigenvalue weighted by atomic mass is 10.1. The number of thioether (sulfide) groups is 1. The zero-order chi connectivity index (χ0) is 16.4. The number of para-hydroxylation sites is 1. The minimum Gasteiger partial charge on any atom is -0.324 e. The van der Waals surface area contributed by atoms with Gasteiger partial charge in [-0.05, 0) is 55.5 Å². The molecule has 3 rings (SSSR count). The Morgan fingerprint density at radius 3 is 2.74 bits per heavy atom. The molecule has 4 nitrogen and oxygen atoms in total. The van der Waals surface area contributed by atoms with Gasteiger partial charge in [0.05, 0.1) is 23.0 Å². The summed E-state index contributed by atoms with van der Waals surface area (Å²) in [7, 11) is 0. The van der Waals surface area contributed by atoms with E-state index in [0.29, 0.717) is 0 Å². The lowest BCUT2D eigenvalue weighted by Crippen LogP contribution is -2.18. The second-order valence-electron chi connectivity index (χ2n) is 5.55. The first-order valence-corrected chi connectivity index (χ1v) is 8.66. The van der Waals surface area contributed by atoms with Crippen LogP contribution in [0.2, 0.25) is 0 Å². The Balaban J connectivity index is 1.82. The van der Waals surface area contributed by atoms with Gasteiger partial charge >= 0.3 is 0 Å². The number of nitrogens with one attached hydrogen (secondary N) is 1. The van der Waals surface area contributed by atoms with E-state index in [0.717, 1.165) is 21.6 Å². The van der Waals surface area contributed by atoms with Gasteiger partial charge in [0.25, 0.3) is 0 Å². The van der Waals surface area contributed by atoms with Crippen molar-refractivity contribution in [1.29, 1.82) is 0 Å². The molecule has 2 aromatic carbocycles. The fraction of sp³-hybridized carbons (Fsp3) is 0.222. The van der Waals surface area contributed by atoms with E-state index in [9.17, 15) is 4.79 Å². The number of benzene rings is 2. The van der Waals surface area contributed by atoms with Gasteiger partial charge in [-0.1, -0.05) is 12.1 Å². The summed E-state index contributed by atoms with van der Waals surface area (Å²) >= 11 is 1.62. The number of nitrogens with zero attached hydrogens (tertiary/aromatic N) is 2. The molecule has 0 aliphatic carbocycles. The number of aromatic nitrogens is 2. The summed E-state index contributed by atoms with van der Waals surface area (Å²) in [5.74, 6) is -0.0518. The lowest BCUT2D eigenvalue weighted by Gasteiger charge is -2.10. The number of amides is 1. The van der Waals surface area contributed by atoms with Crippen molar-refractivity contribution >= 4 is 34.4 Å². The third-order valence-electron chi connectivity index (χ3n) is 3.93. The van der Waals surface area contributed by atoms with Gasteiger partial charge in [-0.15, -0.1) is 11.8 Å². The summed E-state index contributed by atoms with van der Waals surface area (Å²) in [6.07, 6.45) is 3.73. The molecule has 0 saturated carbocycles. The summed E-state index contributed by atoms with van der Waals surface area (Å²) in [5.41, 5.74) is 5.17. The van der Waals surface area contributed by atoms with E-state index in [4.69, 9.17) is 0 Å². The third kappa shape index (κ3) is 3.24. The monoisotopic (exact) mass is 325 g/mol. The maximum absolute atomic E-state index is 12.4. The van der Waals surface area contributed by atoms with E-state index in [2.05, 4.69) is 36.3 Å². The zero-order valence-corrected chi connectivity index (χ0v) is 14.3. The van der Waals surface area contributed by atoms with E-state index in [1.807, 2.05) is 35.1 Å². The molecule has 1 N–H and O–H groups in total. The average molecular weight is 325 g/mol. The van der Waals surface area contributed by atoms with E-state index in [1.165, 1.54) is 11.1 Å². The molecular weight excluding hydrogens is 306 g/mol. The van der Waals surface area contributed by atoms with Crippen molar-refractivity contribution in [2.75, 3.05) is 11.6 Å². The van der Waals surface area contributed by atoms with Crippen LogP contribution in [-0.2, 0) is 11.3 Å². The Labute approximate surface area is 139 Å². The van der Waals surface area contributed by atoms with Gasteiger partial charge in [0, 0.05) is 4.90 Å². The van der Waals surface area contributed by atoms with Crippen LogP contribution in [0.5, 0.6) is 0 Å². The largest absolute Gasteiger partial charge is 0.324 e. The molecule has 0 radical (unpaired) electrons. The molecule has 118 valence electrons. The maximum Gasteiger partial charge on any atom is 0.244 e. The summed E-state index contributed by atoms with van der Waals surface area (Å²) < 4.78 is 1.89. The van der Waals surface area contributed by atoms with Gasteiger partial charge < -0.3 is 9.88 Å². The maximum atomic E-state index is 12.4. The van der Waals surface area contributed by atoms with Crippen molar-refractivity contribution in [2.24, 2.45) is 0 Å². The van der Waals surface area contributed by atoms with Crippen molar-refractivity contribution in [1.82, 2.24) is 9.55 Å². The van der Waals surface area contributed by atoms with E-state index in [1.54, 1.807) is 18.1 Å². The summed E-state index contributed by atoms with van der Waals surface area (Å²) in [6, 6.07) is 12.0. The number of anilines is 1. The molecule has 0 spiro atoms. The zero-order valence-electron chi connectivity index (χ0n) is 13.5. The molecular formula is C18H19N3OS. The molecule has 3 aromatic rings. The van der Waals surface area contributed by atoms with Crippen LogP contribution in [0.15, 0.2) is 47.6 Å². The normalized spacial score (nSPS) is 10.9. The molecule has 0 aliphatic heterocycles. The minimum atomic E-state index is -0.0518. The van der Waals surface area contributed by atoms with Gasteiger partial charge in [-0.25, -0.2) is 4.98 Å². The van der Waals surface area contributed by atoms with E-state index >= 15 is 0 Å². The van der Waals surface area contributed by atoms with Crippen LogP contribution in [0.4, 0.5) is 5.69 Å². The molecule has 0 saturated heterocycles. The number of hydrogen-bond donors (Lipinski definition) is 1. The van der Waals surface area contributed by atoms with Gasteiger partial charge in [-0.3, -0.25) is 4.79 Å². The highest BCUT2D eigenvalue weighted by Gasteiger charge is 2.10. The summed E-state index contributed by atoms with van der Waals surface area (Å²) in [6.45, 7) is 4.39. The van der Waals surface area contributed by atoms with Crippen molar-refractivity contribution in [2.45, 2.75) is 25.3 Å². The molecule has 0 bridgehead atoms. The highest BCUT2D eigenvalue weighted by atomic mass is 32.2. The van der Waals surface area contributed by atoms with Crippen LogP contribution in [0, 0.1) is 13.8 Å². The topological polar surface area (TPSA) is 46.9 Å². The van der Waals surface area contributed by atoms with Crippen LogP contribution in [0.3, 0.4) is 0 Å². The van der Waals surface area contributed by atoms with Crippen LogP contribution in [-0.4, -0.2) is 21.7 Å². The fourth-order valence-corrected chi connectivity index (χ4v) is 3.09. The average Bonchev–Trinajstić information content (AvgIpc) is 2.90. The summed E-state index contributed by atoms with van der Waals surface area (Å²) in [5, 5.41) is 2.98. The second-order valence-corrected chi connectivity index (χ2v) is 6.39. The fourth-order valence-electron chi connectivity index (χ4n) is 2.53. The molecule has 5 heteroatoms. The quantitative estimate of drug-likeness (QED) is 0.737. The lowest BCUT2D eigenvalue weighted by molar-refractivity contribution is -0.116. The molecule has 0 aliphatic rings. The predicted molar refractivity (Wildman–Crippen MR) is 96.1 cm³/mol. The second kappa shape index (κ2) is 6.46. The Morgan fingerprint density at radius 2 is 1.96 bits per heavy atom. The SMILES string of the molecule is CSc1ccccc1NC(=O)Cn1cnc2cc(C)c(C)cc21. The first-order chi connectivity index (χ1) is 11.1. The smallest absolute Gasteiger partial charge is 0.244 e. The van der Waals surface area contributed by atoms with Crippen LogP contribution >= 0.6 is 11.8 Å². The van der Waals surface area contributed by atoms with Crippen molar-refractivity contribution in [3.63, 3.8) is 0 Å². The van der Waals surface area contributed by atoms with Gasteiger partial charge in [0.2, 0.25) is 5.91 Å². The van der Waals surface area contributed by atoms with Crippen molar-refractivity contribution in [3.8, 4) is 0 Å². The number of hydrogen-bond acceptors (Lipinski definition) is 3. The Bertz CT molecular complexity index is 870. The number of carbonyl (C=O) groups excluding carboxylic acids is 1. The molecule has 1 aromatic heterocycles. The molecule has 0 fully saturated rings. The molecule has 1 amide bonds. The van der Waals surface area contributed by atoms with Crippen molar-refractivity contribution in [3.05, 3.63) is 53.9 Å². The molecule has 0 atom stereocenters. The number of aryl methyl sites for hydroxylation is 2. The van der Waals surface area contributed by atoms with Gasteiger partial charge in [-0.2, -0.15) is 0 Å². The Kier molecular flexibility index (Phi) is 4.39. The van der Waals surface area contributed by atoms with Crippen molar-refractivity contribution < 1.29 is 4.79 Å². The number of rotatable bonds is 4. The van der Waals surface area contributed by atoms with Gasteiger partial charge in [0.1, 0.15) is 6.54 Å². The first kappa shape index (κ1) is 15.6. The molecule has 0 unspecified atom stereocenters. The summed E-state index contributed by atoms with van der Waals surface area (Å²) in [4.78, 5) is 17.8. The van der Waals surface area contributed by atoms with Crippen LogP contribution in [0.25, 0.3) is 11.0 Å². The van der Waals surface area contributed by atoms with Crippen LogP contribution < -0.4 is 5.32 Å². The van der Waals surface area contributed by atoms with Gasteiger partial charge in [0.15, 0.2) is 0 Å². The molecule has 23 heavy (non-hydrogen) atoms. The number of fused-ring (bicyclic) bond motifs is 1. The predicted octanol–water partition coefficient (Wildman–Crippen LogP) is 4.01. The highest BCUT2D eigenvalue weighted by molar-refractivity contribution is 7.98. The highest BCUT2D eigenvalue weighted by Crippen LogP contribution is 2.24. The minimum absolute atomic E-state index is 0.0518. The van der Waals surface area contributed by atoms with Crippen LogP contribution in [0.1, 0.15) is 11.1 Å². The Hall–Kier alpha value is -2.27. The number of carbonyl (C=O) groups is 1. The standard InChI is InChI=1S/C18H19N3OS/c1-12-8-15-16(9-13(12)2)21(11-19-15)10-18(22)20-14-6-4-5-7-17(14)23-3/h4-9,11H,10H2,1-3H3,(H,20,22). The van der Waals surface area contributed by atoms with E-state index in [-0.39, 0.29) is 12.5 Å². The molecule has 1 heterocycles. The first-order valence-electron chi connectivity index (χ1n) is 7.43. The van der Waals surface area contributed by atoms with E-state index < -0.39 is 0 Å². The number of imidazole rings is 1.